The first-order chi connectivity index (χ1) is 8.95. The molecule has 19 heavy (non-hydrogen) atoms. The molecular formula is C14H17ClF3N. The van der Waals surface area contributed by atoms with Crippen LogP contribution in [-0.4, -0.2) is 6.04 Å². The maximum Gasteiger partial charge on any atom is 0.416 e. The molecule has 1 aliphatic carbocycles. The molecule has 1 fully saturated rings. The number of alkyl halides is 3. The Morgan fingerprint density at radius 3 is 2.21 bits per heavy atom. The molecule has 0 radical (unpaired) electrons. The van der Waals surface area contributed by atoms with Crippen molar-refractivity contribution in [3.05, 3.63) is 28.8 Å². The van der Waals surface area contributed by atoms with E-state index in [4.69, 9.17) is 11.6 Å². The van der Waals surface area contributed by atoms with Crippen molar-refractivity contribution < 1.29 is 13.2 Å². The van der Waals surface area contributed by atoms with Crippen LogP contribution in [-0.2, 0) is 6.18 Å². The first kappa shape index (κ1) is 14.5. The third-order valence-electron chi connectivity index (χ3n) is 3.45. The van der Waals surface area contributed by atoms with Crippen LogP contribution in [0, 0.1) is 0 Å². The van der Waals surface area contributed by atoms with E-state index >= 15 is 0 Å². The van der Waals surface area contributed by atoms with Crippen molar-refractivity contribution in [2.75, 3.05) is 5.32 Å². The minimum Gasteiger partial charge on any atom is -0.382 e. The maximum absolute atomic E-state index is 12.7. The van der Waals surface area contributed by atoms with Gasteiger partial charge in [-0.05, 0) is 31.0 Å². The summed E-state index contributed by atoms with van der Waals surface area (Å²) in [7, 11) is 0. The minimum atomic E-state index is -4.36. The summed E-state index contributed by atoms with van der Waals surface area (Å²) in [4.78, 5) is 0. The molecule has 0 aromatic heterocycles. The van der Waals surface area contributed by atoms with Gasteiger partial charge in [0, 0.05) is 16.8 Å². The van der Waals surface area contributed by atoms with Gasteiger partial charge in [-0.3, -0.25) is 0 Å². The molecule has 0 unspecified atom stereocenters. The van der Waals surface area contributed by atoms with Gasteiger partial charge in [-0.15, -0.1) is 0 Å². The lowest BCUT2D eigenvalue weighted by Crippen LogP contribution is -2.18. The fraction of sp³-hybridized carbons (Fsp3) is 0.571. The Morgan fingerprint density at radius 2 is 1.63 bits per heavy atom. The highest BCUT2D eigenvalue weighted by Crippen LogP contribution is 2.34. The molecule has 2 rings (SSSR count). The molecule has 0 saturated heterocycles. The molecule has 0 spiro atoms. The lowest BCUT2D eigenvalue weighted by Gasteiger charge is -2.19. The van der Waals surface area contributed by atoms with E-state index in [-0.39, 0.29) is 11.1 Å². The van der Waals surface area contributed by atoms with Gasteiger partial charge in [0.25, 0.3) is 0 Å². The molecule has 1 saturated carbocycles. The molecule has 1 nitrogen and oxygen atoms in total. The van der Waals surface area contributed by atoms with Crippen LogP contribution in [0.3, 0.4) is 0 Å². The Kier molecular flexibility index (Phi) is 4.61. The Morgan fingerprint density at radius 1 is 1.00 bits per heavy atom. The van der Waals surface area contributed by atoms with E-state index in [1.165, 1.54) is 12.8 Å². The Labute approximate surface area is 116 Å². The number of hydrogen-bond donors (Lipinski definition) is 1. The van der Waals surface area contributed by atoms with Crippen molar-refractivity contribution in [2.24, 2.45) is 0 Å². The van der Waals surface area contributed by atoms with Crippen molar-refractivity contribution in [3.63, 3.8) is 0 Å². The van der Waals surface area contributed by atoms with Gasteiger partial charge in [0.1, 0.15) is 0 Å². The molecule has 0 aliphatic heterocycles. The van der Waals surface area contributed by atoms with Crippen molar-refractivity contribution in [2.45, 2.75) is 50.7 Å². The quantitative estimate of drug-likeness (QED) is 0.710. The van der Waals surface area contributed by atoms with Gasteiger partial charge in [-0.25, -0.2) is 0 Å². The topological polar surface area (TPSA) is 12.0 Å². The van der Waals surface area contributed by atoms with Crippen LogP contribution in [0.2, 0.25) is 5.02 Å². The van der Waals surface area contributed by atoms with Crippen LogP contribution in [0.15, 0.2) is 18.2 Å². The molecule has 106 valence electrons. The second kappa shape index (κ2) is 6.04. The van der Waals surface area contributed by atoms with Gasteiger partial charge in [-0.2, -0.15) is 13.2 Å². The normalized spacial score (nSPS) is 18.1. The van der Waals surface area contributed by atoms with E-state index in [0.717, 1.165) is 37.8 Å². The predicted molar refractivity (Wildman–Crippen MR) is 71.6 cm³/mol. The van der Waals surface area contributed by atoms with Gasteiger partial charge in [-0.1, -0.05) is 37.3 Å². The van der Waals surface area contributed by atoms with Gasteiger partial charge in [0.05, 0.1) is 5.56 Å². The van der Waals surface area contributed by atoms with Gasteiger partial charge >= 0.3 is 6.18 Å². The van der Waals surface area contributed by atoms with Gasteiger partial charge in [0.15, 0.2) is 0 Å². The predicted octanol–water partition coefficient (Wildman–Crippen LogP) is 5.49. The molecular weight excluding hydrogens is 275 g/mol. The third kappa shape index (κ3) is 4.30. The zero-order valence-electron chi connectivity index (χ0n) is 10.6. The average Bonchev–Trinajstić information content (AvgIpc) is 2.55. The molecule has 0 bridgehead atoms. The van der Waals surface area contributed by atoms with Crippen LogP contribution in [0.4, 0.5) is 18.9 Å². The smallest absolute Gasteiger partial charge is 0.382 e. The summed E-state index contributed by atoms with van der Waals surface area (Å²) in [6.45, 7) is 0. The first-order valence-electron chi connectivity index (χ1n) is 6.59. The summed E-state index contributed by atoms with van der Waals surface area (Å²) in [6, 6.07) is 3.90. The standard InChI is InChI=1S/C14H17ClF3N/c15-11-7-10(14(16,17)18)8-13(9-11)19-12-5-3-1-2-4-6-12/h7-9,12,19H,1-6H2. The lowest BCUT2D eigenvalue weighted by atomic mass is 10.1. The zero-order chi connectivity index (χ0) is 13.9. The Bertz CT molecular complexity index is 423. The SMILES string of the molecule is FC(F)(F)c1cc(Cl)cc(NC2CCCCCC2)c1. The van der Waals surface area contributed by atoms with E-state index in [9.17, 15) is 13.2 Å². The number of nitrogens with one attached hydrogen (secondary N) is 1. The number of hydrogen-bond acceptors (Lipinski definition) is 1. The van der Waals surface area contributed by atoms with Crippen molar-refractivity contribution in [1.29, 1.82) is 0 Å². The summed E-state index contributed by atoms with van der Waals surface area (Å²) in [5.41, 5.74) is -0.233. The highest BCUT2D eigenvalue weighted by atomic mass is 35.5. The van der Waals surface area contributed by atoms with Gasteiger partial charge < -0.3 is 5.32 Å². The van der Waals surface area contributed by atoms with Crippen LogP contribution in [0.1, 0.15) is 44.1 Å². The van der Waals surface area contributed by atoms with Crippen molar-refractivity contribution in [3.8, 4) is 0 Å². The Balaban J connectivity index is 2.13. The maximum atomic E-state index is 12.7. The number of anilines is 1. The molecule has 1 aromatic carbocycles. The van der Waals surface area contributed by atoms with Crippen molar-refractivity contribution >= 4 is 17.3 Å². The summed E-state index contributed by atoms with van der Waals surface area (Å²) in [5, 5.41) is 3.31. The van der Waals surface area contributed by atoms with E-state index in [0.29, 0.717) is 5.69 Å². The highest BCUT2D eigenvalue weighted by molar-refractivity contribution is 6.30. The summed E-state index contributed by atoms with van der Waals surface area (Å²) in [5.74, 6) is 0. The first-order valence-corrected chi connectivity index (χ1v) is 6.97. The minimum absolute atomic E-state index is 0.117. The molecule has 1 N–H and O–H groups in total. The monoisotopic (exact) mass is 291 g/mol. The van der Waals surface area contributed by atoms with Gasteiger partial charge in [0.2, 0.25) is 0 Å². The van der Waals surface area contributed by atoms with Crippen LogP contribution < -0.4 is 5.32 Å². The molecule has 0 amide bonds. The van der Waals surface area contributed by atoms with E-state index in [1.54, 1.807) is 6.07 Å². The summed E-state index contributed by atoms with van der Waals surface area (Å²) < 4.78 is 38.1. The van der Waals surface area contributed by atoms with E-state index < -0.39 is 11.7 Å². The second-order valence-electron chi connectivity index (χ2n) is 5.06. The van der Waals surface area contributed by atoms with E-state index in [2.05, 4.69) is 5.32 Å². The number of halogens is 4. The zero-order valence-corrected chi connectivity index (χ0v) is 11.3. The van der Waals surface area contributed by atoms with Crippen LogP contribution >= 0.6 is 11.6 Å². The summed E-state index contributed by atoms with van der Waals surface area (Å²) >= 11 is 5.77. The molecule has 0 atom stereocenters. The molecule has 1 aromatic rings. The number of benzene rings is 1. The molecule has 1 aliphatic rings. The second-order valence-corrected chi connectivity index (χ2v) is 5.50. The van der Waals surface area contributed by atoms with Crippen LogP contribution in [0.25, 0.3) is 0 Å². The number of rotatable bonds is 2. The van der Waals surface area contributed by atoms with Crippen molar-refractivity contribution in [1.82, 2.24) is 0 Å². The van der Waals surface area contributed by atoms with Crippen LogP contribution in [0.5, 0.6) is 0 Å². The summed E-state index contributed by atoms with van der Waals surface area (Å²) in [6.07, 6.45) is 2.34. The molecule has 5 heteroatoms. The fourth-order valence-corrected chi connectivity index (χ4v) is 2.73. The molecule has 0 heterocycles. The third-order valence-corrected chi connectivity index (χ3v) is 3.67. The Hall–Kier alpha value is -0.900. The largest absolute Gasteiger partial charge is 0.416 e. The average molecular weight is 292 g/mol. The highest BCUT2D eigenvalue weighted by Gasteiger charge is 2.31. The lowest BCUT2D eigenvalue weighted by molar-refractivity contribution is -0.137. The fourth-order valence-electron chi connectivity index (χ4n) is 2.50. The van der Waals surface area contributed by atoms with E-state index in [1.807, 2.05) is 0 Å².